The zero-order valence-electron chi connectivity index (χ0n) is 22.6. The Bertz CT molecular complexity index is 1180. The van der Waals surface area contributed by atoms with E-state index in [9.17, 15) is 0 Å². The summed E-state index contributed by atoms with van der Waals surface area (Å²) in [6, 6.07) is 64.7. The average Bonchev–Trinajstić information content (AvgIpc) is 3.01. The monoisotopic (exact) mass is 621 g/mol. The van der Waals surface area contributed by atoms with Crippen molar-refractivity contribution in [2.45, 2.75) is 0 Å². The molecule has 0 bridgehead atoms. The largest absolute Gasteiger partial charge is 1.00 e. The Balaban J connectivity index is 0.000000210. The van der Waals surface area contributed by atoms with Crippen LogP contribution in [0.5, 0.6) is 0 Å². The van der Waals surface area contributed by atoms with Gasteiger partial charge in [0.15, 0.2) is 0 Å². The Hall–Kier alpha value is -3.38. The van der Waals surface area contributed by atoms with Gasteiger partial charge in [-0.25, -0.2) is 0 Å². The fraction of sp³-hybridized carbons (Fsp3) is 0. The molecule has 4 heteroatoms. The van der Waals surface area contributed by atoms with E-state index in [0.29, 0.717) is 0 Å². The van der Waals surface area contributed by atoms with Gasteiger partial charge < -0.3 is 23.1 Å². The highest BCUT2D eigenvalue weighted by Gasteiger charge is 2.16. The molecule has 0 unspecified atom stereocenters. The molecule has 0 spiro atoms. The molecule has 6 rings (SSSR count). The van der Waals surface area contributed by atoms with Crippen LogP contribution >= 0.6 is 15.8 Å². The molecule has 0 amide bonds. The third-order valence-corrected chi connectivity index (χ3v) is 11.0. The first-order valence-corrected chi connectivity index (χ1v) is 15.5. The summed E-state index contributed by atoms with van der Waals surface area (Å²) in [5, 5.41) is 8.39. The van der Waals surface area contributed by atoms with Gasteiger partial charge in [-0.05, 0) is 47.7 Å². The normalized spacial score (nSPS) is 10.1. The molecule has 0 aromatic heterocycles. The standard InChI is InChI=1S/2C18H15P.BrH.H3N/c2*1-4-10-16(11-5-1)19(17-12-6-2-7-13-17)18-14-8-3-9-15-18;;/h2*1-15H;1H;1H3. The molecule has 40 heavy (non-hydrogen) atoms. The van der Waals surface area contributed by atoms with E-state index in [4.69, 9.17) is 0 Å². The third-order valence-electron chi connectivity index (χ3n) is 6.09. The van der Waals surface area contributed by atoms with Crippen LogP contribution in [0.4, 0.5) is 0 Å². The van der Waals surface area contributed by atoms with Crippen LogP contribution in [0.3, 0.4) is 0 Å². The predicted molar refractivity (Wildman–Crippen MR) is 176 cm³/mol. The third kappa shape index (κ3) is 8.31. The van der Waals surface area contributed by atoms with Crippen molar-refractivity contribution in [3.05, 3.63) is 182 Å². The summed E-state index contributed by atoms with van der Waals surface area (Å²) in [5.74, 6) is 0. The highest BCUT2D eigenvalue weighted by Crippen LogP contribution is 2.33. The van der Waals surface area contributed by atoms with Crippen molar-refractivity contribution in [3.8, 4) is 0 Å². The molecule has 4 N–H and O–H groups in total. The molecule has 0 fully saturated rings. The lowest BCUT2D eigenvalue weighted by Gasteiger charge is -2.18. The number of hydrogen-bond acceptors (Lipinski definition) is 0. The Morgan fingerprint density at radius 1 is 0.225 bits per heavy atom. The van der Waals surface area contributed by atoms with Crippen LogP contribution in [0.1, 0.15) is 0 Å². The highest BCUT2D eigenvalue weighted by molar-refractivity contribution is 7.80. The van der Waals surface area contributed by atoms with Crippen molar-refractivity contribution >= 4 is 47.7 Å². The van der Waals surface area contributed by atoms with Crippen LogP contribution in [0, 0.1) is 0 Å². The van der Waals surface area contributed by atoms with Crippen LogP contribution in [0.25, 0.3) is 0 Å². The van der Waals surface area contributed by atoms with Gasteiger partial charge in [0.1, 0.15) is 0 Å². The molecular weight excluding hydrogens is 588 g/mol. The van der Waals surface area contributed by atoms with E-state index in [1.165, 1.54) is 31.8 Å². The molecule has 200 valence electrons. The first kappa shape index (κ1) is 31.2. The minimum Gasteiger partial charge on any atom is -1.00 e. The van der Waals surface area contributed by atoms with Crippen molar-refractivity contribution < 1.29 is 17.0 Å². The van der Waals surface area contributed by atoms with Crippen LogP contribution in [0.2, 0.25) is 0 Å². The van der Waals surface area contributed by atoms with E-state index < -0.39 is 15.8 Å². The number of benzene rings is 6. The number of rotatable bonds is 6. The first-order chi connectivity index (χ1) is 18.9. The van der Waals surface area contributed by atoms with E-state index in [0.717, 1.165) is 0 Å². The summed E-state index contributed by atoms with van der Waals surface area (Å²) >= 11 is 0. The van der Waals surface area contributed by atoms with Crippen LogP contribution in [-0.4, -0.2) is 0 Å². The van der Waals surface area contributed by atoms with Gasteiger partial charge in [-0.15, -0.1) is 0 Å². The van der Waals surface area contributed by atoms with Gasteiger partial charge in [0, 0.05) is 0 Å². The quantitative estimate of drug-likeness (QED) is 0.270. The molecule has 0 aliphatic rings. The van der Waals surface area contributed by atoms with Gasteiger partial charge in [0.25, 0.3) is 0 Å². The minimum absolute atomic E-state index is 0. The minimum atomic E-state index is -0.446. The average molecular weight is 623 g/mol. The second-order valence-corrected chi connectivity index (χ2v) is 13.1. The van der Waals surface area contributed by atoms with E-state index in [1.807, 2.05) is 0 Å². The molecule has 0 radical (unpaired) electrons. The van der Waals surface area contributed by atoms with Crippen LogP contribution < -0.4 is 55.0 Å². The van der Waals surface area contributed by atoms with Gasteiger partial charge in [-0.1, -0.05) is 182 Å². The summed E-state index contributed by atoms with van der Waals surface area (Å²) in [7, 11) is -0.892. The predicted octanol–water partition coefficient (Wildman–Crippen LogP) is 4.27. The van der Waals surface area contributed by atoms with E-state index >= 15 is 0 Å². The Morgan fingerprint density at radius 3 is 0.475 bits per heavy atom. The summed E-state index contributed by atoms with van der Waals surface area (Å²) < 4.78 is 0. The van der Waals surface area contributed by atoms with Gasteiger partial charge in [-0.2, -0.15) is 0 Å². The lowest BCUT2D eigenvalue weighted by Crippen LogP contribution is -3.00. The number of hydrogen-bond donors (Lipinski definition) is 1. The van der Waals surface area contributed by atoms with E-state index in [-0.39, 0.29) is 23.1 Å². The maximum absolute atomic E-state index is 2.23. The van der Waals surface area contributed by atoms with Crippen molar-refractivity contribution in [3.63, 3.8) is 0 Å². The molecule has 0 saturated heterocycles. The highest BCUT2D eigenvalue weighted by atomic mass is 79.9. The van der Waals surface area contributed by atoms with Crippen molar-refractivity contribution in [2.75, 3.05) is 0 Å². The fourth-order valence-electron chi connectivity index (χ4n) is 4.36. The maximum atomic E-state index is 2.23. The first-order valence-electron chi connectivity index (χ1n) is 12.8. The van der Waals surface area contributed by atoms with Crippen LogP contribution in [-0.2, 0) is 0 Å². The summed E-state index contributed by atoms with van der Waals surface area (Å²) in [4.78, 5) is 0. The molecule has 0 aliphatic carbocycles. The number of quaternary nitrogens is 1. The fourth-order valence-corrected chi connectivity index (χ4v) is 8.97. The molecule has 0 saturated carbocycles. The molecule has 6 aromatic carbocycles. The Morgan fingerprint density at radius 2 is 0.350 bits per heavy atom. The van der Waals surface area contributed by atoms with Crippen LogP contribution in [0.15, 0.2) is 182 Å². The Kier molecular flexibility index (Phi) is 13.0. The zero-order valence-corrected chi connectivity index (χ0v) is 26.0. The Labute approximate surface area is 251 Å². The molecule has 0 heterocycles. The maximum Gasteiger partial charge on any atom is -0.0134 e. The van der Waals surface area contributed by atoms with Gasteiger partial charge in [0.05, 0.1) is 0 Å². The van der Waals surface area contributed by atoms with Crippen molar-refractivity contribution in [1.82, 2.24) is 6.15 Å². The lowest BCUT2D eigenvalue weighted by atomic mass is 10.4. The summed E-state index contributed by atoms with van der Waals surface area (Å²) in [5.41, 5.74) is 0. The molecule has 1 nitrogen and oxygen atoms in total. The summed E-state index contributed by atoms with van der Waals surface area (Å²) in [6.07, 6.45) is 0. The molecule has 6 aromatic rings. The SMILES string of the molecule is [Br-].[NH4+].c1ccc(P(c2ccccc2)c2ccccc2)cc1.c1ccc(P(c2ccccc2)c2ccccc2)cc1. The van der Waals surface area contributed by atoms with Gasteiger partial charge in [0.2, 0.25) is 0 Å². The zero-order chi connectivity index (χ0) is 25.8. The summed E-state index contributed by atoms with van der Waals surface area (Å²) in [6.45, 7) is 0. The lowest BCUT2D eigenvalue weighted by molar-refractivity contribution is -0.00000759. The van der Waals surface area contributed by atoms with Crippen molar-refractivity contribution in [1.29, 1.82) is 0 Å². The van der Waals surface area contributed by atoms with Gasteiger partial charge in [-0.3, -0.25) is 0 Å². The van der Waals surface area contributed by atoms with Crippen molar-refractivity contribution in [2.24, 2.45) is 0 Å². The molecular formula is C36H34BrNP2. The number of halogens is 1. The second-order valence-electron chi connectivity index (χ2n) is 8.68. The second kappa shape index (κ2) is 16.7. The molecule has 0 atom stereocenters. The smallest absolute Gasteiger partial charge is 0.0134 e. The topological polar surface area (TPSA) is 36.5 Å². The van der Waals surface area contributed by atoms with E-state index in [1.54, 1.807) is 0 Å². The molecule has 0 aliphatic heterocycles. The van der Waals surface area contributed by atoms with Gasteiger partial charge >= 0.3 is 0 Å². The van der Waals surface area contributed by atoms with E-state index in [2.05, 4.69) is 182 Å².